The molecule has 6 rings (SSSR count). The Bertz CT molecular complexity index is 1120. The molecule has 0 N–H and O–H groups in total. The van der Waals surface area contributed by atoms with Crippen molar-refractivity contribution in [3.63, 3.8) is 0 Å². The van der Waals surface area contributed by atoms with Crippen LogP contribution in [0, 0.1) is 0 Å². The maximum atomic E-state index is 4.01. The van der Waals surface area contributed by atoms with Crippen molar-refractivity contribution in [1.29, 1.82) is 0 Å². The Balaban J connectivity index is 0.000000282. The van der Waals surface area contributed by atoms with E-state index in [1.807, 2.05) is 0 Å². The van der Waals surface area contributed by atoms with Crippen LogP contribution < -0.4 is 0 Å². The van der Waals surface area contributed by atoms with Crippen molar-refractivity contribution >= 4 is 24.8 Å². The molecule has 0 unspecified atom stereocenters. The van der Waals surface area contributed by atoms with Crippen molar-refractivity contribution in [2.45, 2.75) is 0 Å². The Kier molecular flexibility index (Phi) is 15.8. The number of aromatic nitrogens is 12. The van der Waals surface area contributed by atoms with Gasteiger partial charge in [0.2, 0.25) is 0 Å². The fraction of sp³-hybridized carbons (Fsp3) is 0. The molecule has 0 aromatic carbocycles. The van der Waals surface area contributed by atoms with E-state index < -0.39 is 0 Å². The molecule has 0 aliphatic rings. The molecule has 0 atom stereocenters. The molecule has 198 valence electrons. The number of hydrogen-bond acceptors (Lipinski definition) is 12. The van der Waals surface area contributed by atoms with Crippen molar-refractivity contribution in [3.05, 3.63) is 111 Å². The Labute approximate surface area is 249 Å². The minimum absolute atomic E-state index is 0. The molecule has 0 bridgehead atoms. The summed E-state index contributed by atoms with van der Waals surface area (Å²) in [5.41, 5.74) is 0. The third-order valence-corrected chi connectivity index (χ3v) is 3.99. The van der Waals surface area contributed by atoms with E-state index in [1.165, 1.54) is 0 Å². The predicted molar refractivity (Wildman–Crippen MR) is 144 cm³/mol. The van der Waals surface area contributed by atoms with Crippen molar-refractivity contribution in [1.82, 2.24) is 59.8 Å². The summed E-state index contributed by atoms with van der Waals surface area (Å²) in [5.74, 6) is 3.32. The second kappa shape index (κ2) is 18.9. The fourth-order valence-corrected chi connectivity index (χ4v) is 2.49. The molecule has 0 saturated carbocycles. The molecular formula is C24H20Cl2N12Ru. The summed E-state index contributed by atoms with van der Waals surface area (Å²) in [7, 11) is 0. The summed E-state index contributed by atoms with van der Waals surface area (Å²) in [6.45, 7) is 0. The molecule has 0 radical (unpaired) electrons. The molecule has 6 aromatic rings. The van der Waals surface area contributed by atoms with Crippen LogP contribution in [0.1, 0.15) is 0 Å². The monoisotopic (exact) mass is 648 g/mol. The van der Waals surface area contributed by atoms with Crippen LogP contribution in [-0.2, 0) is 19.5 Å². The summed E-state index contributed by atoms with van der Waals surface area (Å²) < 4.78 is 0. The van der Waals surface area contributed by atoms with Gasteiger partial charge in [-0.05, 0) is 36.4 Å². The Morgan fingerprint density at radius 3 is 0.436 bits per heavy atom. The van der Waals surface area contributed by atoms with Crippen LogP contribution in [0.15, 0.2) is 111 Å². The first kappa shape index (κ1) is 32.7. The van der Waals surface area contributed by atoms with Crippen molar-refractivity contribution in [2.75, 3.05) is 0 Å². The van der Waals surface area contributed by atoms with E-state index in [2.05, 4.69) is 59.8 Å². The number of rotatable bonds is 3. The van der Waals surface area contributed by atoms with Crippen LogP contribution in [0.3, 0.4) is 0 Å². The van der Waals surface area contributed by atoms with E-state index in [9.17, 15) is 0 Å². The summed E-state index contributed by atoms with van der Waals surface area (Å²) >= 11 is 0. The second-order valence-electron chi connectivity index (χ2n) is 6.43. The van der Waals surface area contributed by atoms with Crippen LogP contribution in [0.5, 0.6) is 0 Å². The molecule has 0 aliphatic carbocycles. The average Bonchev–Trinajstić information content (AvgIpc) is 3.01. The van der Waals surface area contributed by atoms with Crippen LogP contribution >= 0.6 is 24.8 Å². The van der Waals surface area contributed by atoms with E-state index in [1.54, 1.807) is 111 Å². The minimum Gasteiger partial charge on any atom is -0.234 e. The third-order valence-electron chi connectivity index (χ3n) is 3.99. The maximum absolute atomic E-state index is 4.01. The van der Waals surface area contributed by atoms with E-state index in [-0.39, 0.29) is 44.3 Å². The van der Waals surface area contributed by atoms with Gasteiger partial charge < -0.3 is 0 Å². The van der Waals surface area contributed by atoms with Gasteiger partial charge in [0.1, 0.15) is 0 Å². The number of hydrogen-bond donors (Lipinski definition) is 0. The zero-order valence-corrected chi connectivity index (χ0v) is 23.3. The minimum atomic E-state index is 0. The Morgan fingerprint density at radius 1 is 0.231 bits per heavy atom. The number of nitrogens with zero attached hydrogens (tertiary/aromatic N) is 12. The van der Waals surface area contributed by atoms with Gasteiger partial charge in [0.25, 0.3) is 0 Å². The molecule has 39 heavy (non-hydrogen) atoms. The first-order valence-electron chi connectivity index (χ1n) is 10.5. The molecule has 0 amide bonds. The van der Waals surface area contributed by atoms with Crippen LogP contribution in [0.4, 0.5) is 0 Å². The van der Waals surface area contributed by atoms with Gasteiger partial charge in [-0.15, -0.1) is 24.8 Å². The number of halogens is 2. The fourth-order valence-electron chi connectivity index (χ4n) is 2.49. The van der Waals surface area contributed by atoms with Gasteiger partial charge in [-0.1, -0.05) is 0 Å². The predicted octanol–water partition coefficient (Wildman–Crippen LogP) is 3.64. The molecule has 15 heteroatoms. The van der Waals surface area contributed by atoms with Crippen molar-refractivity contribution in [2.24, 2.45) is 0 Å². The molecular weight excluding hydrogens is 628 g/mol. The zero-order chi connectivity index (χ0) is 24.7. The van der Waals surface area contributed by atoms with E-state index in [0.29, 0.717) is 34.9 Å². The normalized spacial score (nSPS) is 8.92. The van der Waals surface area contributed by atoms with Crippen molar-refractivity contribution in [3.8, 4) is 34.9 Å². The quantitative estimate of drug-likeness (QED) is 0.257. The average molecular weight is 648 g/mol. The molecule has 6 aromatic heterocycles. The van der Waals surface area contributed by atoms with Gasteiger partial charge in [0, 0.05) is 93.8 Å². The summed E-state index contributed by atoms with van der Waals surface area (Å²) in [4.78, 5) is 48.2. The molecule has 0 aliphatic heterocycles. The molecule has 0 saturated heterocycles. The molecule has 12 nitrogen and oxygen atoms in total. The second-order valence-corrected chi connectivity index (χ2v) is 6.43. The van der Waals surface area contributed by atoms with Gasteiger partial charge in [0.05, 0.1) is 0 Å². The molecule has 0 spiro atoms. The Morgan fingerprint density at radius 2 is 0.333 bits per heavy atom. The first-order valence-corrected chi connectivity index (χ1v) is 10.5. The van der Waals surface area contributed by atoms with E-state index in [0.717, 1.165) is 0 Å². The van der Waals surface area contributed by atoms with E-state index in [4.69, 9.17) is 0 Å². The summed E-state index contributed by atoms with van der Waals surface area (Å²) in [6, 6.07) is 10.5. The van der Waals surface area contributed by atoms with Crippen LogP contribution in [0.25, 0.3) is 34.9 Å². The zero-order valence-electron chi connectivity index (χ0n) is 19.9. The topological polar surface area (TPSA) is 155 Å². The van der Waals surface area contributed by atoms with Crippen molar-refractivity contribution < 1.29 is 19.5 Å². The summed E-state index contributed by atoms with van der Waals surface area (Å²) in [5, 5.41) is 0. The van der Waals surface area contributed by atoms with Gasteiger partial charge in [-0.3, -0.25) is 0 Å². The third kappa shape index (κ3) is 10.9. The van der Waals surface area contributed by atoms with Gasteiger partial charge in [-0.25, -0.2) is 59.8 Å². The first-order chi connectivity index (χ1) is 17.9. The summed E-state index contributed by atoms with van der Waals surface area (Å²) in [6.07, 6.45) is 20.0. The van der Waals surface area contributed by atoms with Gasteiger partial charge in [-0.2, -0.15) is 0 Å². The Hall–Kier alpha value is -4.32. The largest absolute Gasteiger partial charge is 0.234 e. The van der Waals surface area contributed by atoms with Crippen LogP contribution in [-0.4, -0.2) is 59.8 Å². The molecule has 0 fully saturated rings. The maximum Gasteiger partial charge on any atom is 0.197 e. The molecule has 6 heterocycles. The van der Waals surface area contributed by atoms with E-state index >= 15 is 0 Å². The van der Waals surface area contributed by atoms with Gasteiger partial charge in [0.15, 0.2) is 34.9 Å². The smallest absolute Gasteiger partial charge is 0.197 e. The SMILES string of the molecule is Cl.Cl.[Ru].c1cnc(-c2ncccn2)nc1.c1cnc(-c2ncccn2)nc1.c1cnc(-c2ncccn2)nc1. The standard InChI is InChI=1S/3C8H6N4.2ClH.Ru/c3*1-3-9-7(10-4-1)8-11-5-2-6-12-8;;;/h3*1-6H;2*1H;. The van der Waals surface area contributed by atoms with Gasteiger partial charge >= 0.3 is 0 Å². The van der Waals surface area contributed by atoms with Crippen LogP contribution in [0.2, 0.25) is 0 Å².